The minimum absolute atomic E-state index is 0.00642. The summed E-state index contributed by atoms with van der Waals surface area (Å²) < 4.78 is 33.8. The molecule has 1 saturated heterocycles. The summed E-state index contributed by atoms with van der Waals surface area (Å²) in [6, 6.07) is 5.93. The van der Waals surface area contributed by atoms with E-state index in [0.717, 1.165) is 19.3 Å². The van der Waals surface area contributed by atoms with Crippen molar-refractivity contribution >= 4 is 27.7 Å². The number of hydrogen-bond acceptors (Lipinski definition) is 6. The SMILES string of the molecule is CC[C@H](C)NC(=O)COC(=O)[C@H]1CCCCN1C1=NS(=O)(=O)c2ccccc21. The van der Waals surface area contributed by atoms with E-state index in [9.17, 15) is 18.0 Å². The molecule has 0 radical (unpaired) electrons. The van der Waals surface area contributed by atoms with Crippen molar-refractivity contribution in [2.45, 2.75) is 56.5 Å². The minimum Gasteiger partial charge on any atom is -0.454 e. The Morgan fingerprint density at radius 1 is 1.32 bits per heavy atom. The monoisotopic (exact) mass is 407 g/mol. The van der Waals surface area contributed by atoms with Gasteiger partial charge in [0, 0.05) is 18.2 Å². The standard InChI is InChI=1S/C19H25N3O5S/c1-3-13(2)20-17(23)12-27-19(24)15-9-6-7-11-22(15)18-14-8-4-5-10-16(14)28(25,26)21-18/h4-5,8,10,13,15H,3,6-7,9,11-12H2,1-2H3,(H,20,23)/t13-,15+/m0/s1. The predicted molar refractivity (Wildman–Crippen MR) is 103 cm³/mol. The number of carbonyl (C=O) groups is 2. The van der Waals surface area contributed by atoms with Crippen LogP contribution in [0.25, 0.3) is 0 Å². The van der Waals surface area contributed by atoms with Crippen molar-refractivity contribution in [2.24, 2.45) is 4.40 Å². The van der Waals surface area contributed by atoms with E-state index in [4.69, 9.17) is 4.74 Å². The van der Waals surface area contributed by atoms with Crippen molar-refractivity contribution in [3.63, 3.8) is 0 Å². The second-order valence-corrected chi connectivity index (χ2v) is 8.65. The van der Waals surface area contributed by atoms with E-state index < -0.39 is 22.0 Å². The second-order valence-electron chi connectivity index (χ2n) is 7.08. The van der Waals surface area contributed by atoms with Crippen LogP contribution < -0.4 is 5.32 Å². The molecule has 1 N–H and O–H groups in total. The average Bonchev–Trinajstić information content (AvgIpc) is 2.97. The van der Waals surface area contributed by atoms with Gasteiger partial charge in [-0.05, 0) is 44.7 Å². The van der Waals surface area contributed by atoms with Crippen LogP contribution in [0.3, 0.4) is 0 Å². The summed E-state index contributed by atoms with van der Waals surface area (Å²) in [5.41, 5.74) is 0.497. The molecule has 2 atom stereocenters. The normalized spacial score (nSPS) is 21.4. The van der Waals surface area contributed by atoms with Gasteiger partial charge in [-0.2, -0.15) is 8.42 Å². The van der Waals surface area contributed by atoms with Crippen molar-refractivity contribution in [2.75, 3.05) is 13.2 Å². The highest BCUT2D eigenvalue weighted by Gasteiger charge is 2.38. The molecule has 1 aromatic carbocycles. The molecule has 2 aliphatic heterocycles. The molecule has 0 bridgehead atoms. The largest absolute Gasteiger partial charge is 0.454 e. The van der Waals surface area contributed by atoms with Crippen LogP contribution in [-0.4, -0.2) is 56.3 Å². The van der Waals surface area contributed by atoms with Crippen LogP contribution in [0.15, 0.2) is 33.6 Å². The van der Waals surface area contributed by atoms with Gasteiger partial charge in [0.15, 0.2) is 12.4 Å². The van der Waals surface area contributed by atoms with Crippen LogP contribution in [0.4, 0.5) is 0 Å². The molecule has 0 aromatic heterocycles. The molecule has 1 fully saturated rings. The Morgan fingerprint density at radius 3 is 2.82 bits per heavy atom. The number of carbonyl (C=O) groups excluding carboxylic acids is 2. The molecule has 8 nitrogen and oxygen atoms in total. The Kier molecular flexibility index (Phi) is 6.02. The molecule has 1 aromatic rings. The van der Waals surface area contributed by atoms with Gasteiger partial charge in [0.05, 0.1) is 0 Å². The number of ether oxygens (including phenoxy) is 1. The smallest absolute Gasteiger partial charge is 0.329 e. The van der Waals surface area contributed by atoms with E-state index in [1.54, 1.807) is 23.1 Å². The van der Waals surface area contributed by atoms with Crippen LogP contribution in [0.1, 0.15) is 45.1 Å². The molecule has 0 aliphatic carbocycles. The zero-order valence-electron chi connectivity index (χ0n) is 16.1. The number of fused-ring (bicyclic) bond motifs is 1. The lowest BCUT2D eigenvalue weighted by atomic mass is 10.0. The van der Waals surface area contributed by atoms with Gasteiger partial charge < -0.3 is 15.0 Å². The van der Waals surface area contributed by atoms with Crippen LogP contribution in [-0.2, 0) is 24.3 Å². The number of amides is 1. The maximum atomic E-state index is 12.7. The molecule has 3 rings (SSSR count). The Bertz CT molecular complexity index is 897. The van der Waals surface area contributed by atoms with Gasteiger partial charge in [0.2, 0.25) is 0 Å². The molecule has 28 heavy (non-hydrogen) atoms. The Labute approximate surface area is 165 Å². The highest BCUT2D eigenvalue weighted by molar-refractivity contribution is 7.90. The Balaban J connectivity index is 1.75. The molecule has 9 heteroatoms. The molecule has 2 aliphatic rings. The van der Waals surface area contributed by atoms with Gasteiger partial charge in [-0.3, -0.25) is 4.79 Å². The van der Waals surface area contributed by atoms with E-state index in [1.807, 2.05) is 13.8 Å². The van der Waals surface area contributed by atoms with Crippen LogP contribution >= 0.6 is 0 Å². The lowest BCUT2D eigenvalue weighted by Crippen LogP contribution is -2.49. The fourth-order valence-electron chi connectivity index (χ4n) is 3.38. The summed E-state index contributed by atoms with van der Waals surface area (Å²) in [4.78, 5) is 26.4. The number of hydrogen-bond donors (Lipinski definition) is 1. The topological polar surface area (TPSA) is 105 Å². The molecule has 152 valence electrons. The summed E-state index contributed by atoms with van der Waals surface area (Å²) in [5.74, 6) is -0.610. The highest BCUT2D eigenvalue weighted by Crippen LogP contribution is 2.30. The van der Waals surface area contributed by atoms with E-state index >= 15 is 0 Å². The zero-order valence-corrected chi connectivity index (χ0v) is 16.9. The number of likely N-dealkylation sites (tertiary alicyclic amines) is 1. The van der Waals surface area contributed by atoms with Gasteiger partial charge in [0.1, 0.15) is 10.9 Å². The highest BCUT2D eigenvalue weighted by atomic mass is 32.2. The van der Waals surface area contributed by atoms with Crippen molar-refractivity contribution in [1.29, 1.82) is 0 Å². The third-order valence-electron chi connectivity index (χ3n) is 5.02. The summed E-state index contributed by atoms with van der Waals surface area (Å²) >= 11 is 0. The summed E-state index contributed by atoms with van der Waals surface area (Å²) in [7, 11) is -3.77. The number of nitrogens with one attached hydrogen (secondary N) is 1. The van der Waals surface area contributed by atoms with Gasteiger partial charge in [-0.15, -0.1) is 4.40 Å². The second kappa shape index (κ2) is 8.30. The number of nitrogens with zero attached hydrogens (tertiary/aromatic N) is 2. The van der Waals surface area contributed by atoms with Crippen molar-refractivity contribution in [3.8, 4) is 0 Å². The number of esters is 1. The van der Waals surface area contributed by atoms with Crippen LogP contribution in [0.2, 0.25) is 0 Å². The molecular formula is C19H25N3O5S. The first-order chi connectivity index (χ1) is 13.3. The third kappa shape index (κ3) is 4.19. The fourth-order valence-corrected chi connectivity index (χ4v) is 4.59. The fraction of sp³-hybridized carbons (Fsp3) is 0.526. The molecule has 2 heterocycles. The summed E-state index contributed by atoms with van der Waals surface area (Å²) in [5, 5.41) is 2.75. The summed E-state index contributed by atoms with van der Waals surface area (Å²) in [6.45, 7) is 3.97. The predicted octanol–water partition coefficient (Wildman–Crippen LogP) is 1.45. The number of sulfonamides is 1. The Hall–Kier alpha value is -2.42. The quantitative estimate of drug-likeness (QED) is 0.741. The van der Waals surface area contributed by atoms with Gasteiger partial charge in [0.25, 0.3) is 15.9 Å². The number of rotatable bonds is 5. The molecule has 0 saturated carbocycles. The average molecular weight is 407 g/mol. The van der Waals surface area contributed by atoms with Crippen molar-refractivity contribution < 1.29 is 22.7 Å². The lowest BCUT2D eigenvalue weighted by molar-refractivity contribution is -0.153. The lowest BCUT2D eigenvalue weighted by Gasteiger charge is -2.35. The first kappa shape index (κ1) is 20.3. The maximum absolute atomic E-state index is 12.7. The number of benzene rings is 1. The van der Waals surface area contributed by atoms with Gasteiger partial charge >= 0.3 is 5.97 Å². The van der Waals surface area contributed by atoms with Crippen LogP contribution in [0, 0.1) is 0 Å². The van der Waals surface area contributed by atoms with Crippen molar-refractivity contribution in [3.05, 3.63) is 29.8 Å². The maximum Gasteiger partial charge on any atom is 0.329 e. The first-order valence-electron chi connectivity index (χ1n) is 9.50. The van der Waals surface area contributed by atoms with Gasteiger partial charge in [-0.25, -0.2) is 4.79 Å². The minimum atomic E-state index is -3.77. The van der Waals surface area contributed by atoms with E-state index in [0.29, 0.717) is 18.5 Å². The molecule has 0 spiro atoms. The third-order valence-corrected chi connectivity index (χ3v) is 6.35. The molecule has 0 unspecified atom stereocenters. The number of piperidine rings is 1. The first-order valence-corrected chi connectivity index (χ1v) is 10.9. The van der Waals surface area contributed by atoms with Crippen molar-refractivity contribution in [1.82, 2.24) is 10.2 Å². The number of amidine groups is 1. The van der Waals surface area contributed by atoms with E-state index in [2.05, 4.69) is 9.71 Å². The Morgan fingerprint density at radius 2 is 2.07 bits per heavy atom. The van der Waals surface area contributed by atoms with Crippen LogP contribution in [0.5, 0.6) is 0 Å². The molecular weight excluding hydrogens is 382 g/mol. The molecule has 1 amide bonds. The summed E-state index contributed by atoms with van der Waals surface area (Å²) in [6.07, 6.45) is 2.94. The zero-order chi connectivity index (χ0) is 20.3. The van der Waals surface area contributed by atoms with E-state index in [-0.39, 0.29) is 29.3 Å². The van der Waals surface area contributed by atoms with Gasteiger partial charge in [-0.1, -0.05) is 19.1 Å². The van der Waals surface area contributed by atoms with E-state index in [1.165, 1.54) is 6.07 Å².